The van der Waals surface area contributed by atoms with Crippen LogP contribution in [0.4, 0.5) is 0 Å². The monoisotopic (exact) mass is 294 g/mol. The number of rotatable bonds is 3. The van der Waals surface area contributed by atoms with Crippen LogP contribution in [0.3, 0.4) is 0 Å². The van der Waals surface area contributed by atoms with Gasteiger partial charge in [-0.15, -0.1) is 0 Å². The molecule has 0 saturated carbocycles. The molecule has 0 saturated heterocycles. The summed E-state index contributed by atoms with van der Waals surface area (Å²) in [5.74, 6) is 0.498. The summed E-state index contributed by atoms with van der Waals surface area (Å²) in [5.41, 5.74) is 3.31. The van der Waals surface area contributed by atoms with Gasteiger partial charge in [0.15, 0.2) is 0 Å². The van der Waals surface area contributed by atoms with Crippen molar-refractivity contribution in [3.05, 3.63) is 54.1 Å². The molecule has 2 nitrogen and oxygen atoms in total. The molecular weight excluding hydrogens is 280 g/mol. The number of benzene rings is 2. The molecule has 2 aromatic rings. The van der Waals surface area contributed by atoms with Crippen molar-refractivity contribution in [1.82, 2.24) is 0 Å². The van der Waals surface area contributed by atoms with Gasteiger partial charge in [0.25, 0.3) is 9.05 Å². The number of halogens is 1. The molecule has 0 aliphatic carbocycles. The maximum Gasteiger partial charge on any atom is 0.261 e. The molecule has 0 amide bonds. The van der Waals surface area contributed by atoms with Gasteiger partial charge in [0.2, 0.25) is 0 Å². The van der Waals surface area contributed by atoms with E-state index >= 15 is 0 Å². The van der Waals surface area contributed by atoms with Crippen LogP contribution in [-0.2, 0) is 9.05 Å². The highest BCUT2D eigenvalue weighted by molar-refractivity contribution is 8.13. The van der Waals surface area contributed by atoms with E-state index in [4.69, 9.17) is 10.7 Å². The smallest absolute Gasteiger partial charge is 0.207 e. The van der Waals surface area contributed by atoms with Gasteiger partial charge in [-0.25, -0.2) is 8.42 Å². The van der Waals surface area contributed by atoms with Gasteiger partial charge in [-0.05, 0) is 34.7 Å². The van der Waals surface area contributed by atoms with Crippen LogP contribution in [0, 0.1) is 0 Å². The molecule has 2 aromatic carbocycles. The van der Waals surface area contributed by atoms with Crippen LogP contribution in [0.2, 0.25) is 0 Å². The predicted molar refractivity (Wildman–Crippen MR) is 79.0 cm³/mol. The third-order valence-electron chi connectivity index (χ3n) is 3.05. The molecule has 0 aliphatic heterocycles. The van der Waals surface area contributed by atoms with Crippen molar-refractivity contribution in [2.24, 2.45) is 0 Å². The maximum absolute atomic E-state index is 11.2. The summed E-state index contributed by atoms with van der Waals surface area (Å²) in [7, 11) is 1.64. The molecular formula is C15H15ClO2S. The van der Waals surface area contributed by atoms with Crippen molar-refractivity contribution >= 4 is 19.7 Å². The summed E-state index contributed by atoms with van der Waals surface area (Å²) in [6, 6.07) is 14.8. The highest BCUT2D eigenvalue weighted by Crippen LogP contribution is 2.24. The second-order valence-corrected chi connectivity index (χ2v) is 7.30. The lowest BCUT2D eigenvalue weighted by molar-refractivity contribution is 0.609. The normalized spacial score (nSPS) is 11.8. The average Bonchev–Trinajstić information content (AvgIpc) is 2.38. The second-order valence-electron chi connectivity index (χ2n) is 4.74. The van der Waals surface area contributed by atoms with E-state index in [1.807, 2.05) is 12.1 Å². The van der Waals surface area contributed by atoms with Crippen LogP contribution in [0.15, 0.2) is 53.4 Å². The Morgan fingerprint density at radius 3 is 1.63 bits per heavy atom. The van der Waals surface area contributed by atoms with E-state index < -0.39 is 9.05 Å². The first-order chi connectivity index (χ1) is 8.88. The summed E-state index contributed by atoms with van der Waals surface area (Å²) in [6.07, 6.45) is 0. The Bertz CT molecular complexity index is 656. The molecule has 0 fully saturated rings. The Labute approximate surface area is 118 Å². The molecule has 0 bridgehead atoms. The van der Waals surface area contributed by atoms with E-state index in [-0.39, 0.29) is 4.90 Å². The third kappa shape index (κ3) is 3.37. The number of hydrogen-bond acceptors (Lipinski definition) is 2. The predicted octanol–water partition coefficient (Wildman–Crippen LogP) is 4.40. The molecule has 0 heterocycles. The zero-order valence-electron chi connectivity index (χ0n) is 10.8. The Morgan fingerprint density at radius 1 is 0.842 bits per heavy atom. The van der Waals surface area contributed by atoms with Gasteiger partial charge in [0.1, 0.15) is 0 Å². The van der Waals surface area contributed by atoms with E-state index in [1.165, 1.54) is 17.7 Å². The van der Waals surface area contributed by atoms with Crippen molar-refractivity contribution < 1.29 is 8.42 Å². The lowest BCUT2D eigenvalue weighted by Gasteiger charge is -2.07. The first kappa shape index (κ1) is 14.1. The van der Waals surface area contributed by atoms with E-state index in [0.717, 1.165) is 11.1 Å². The van der Waals surface area contributed by atoms with Gasteiger partial charge in [0, 0.05) is 10.7 Å². The minimum Gasteiger partial charge on any atom is -0.207 e. The molecule has 0 aromatic heterocycles. The molecule has 100 valence electrons. The van der Waals surface area contributed by atoms with Gasteiger partial charge in [-0.1, -0.05) is 50.2 Å². The van der Waals surface area contributed by atoms with E-state index in [9.17, 15) is 8.42 Å². The average molecular weight is 295 g/mol. The summed E-state index contributed by atoms with van der Waals surface area (Å²) >= 11 is 0. The van der Waals surface area contributed by atoms with Gasteiger partial charge < -0.3 is 0 Å². The maximum atomic E-state index is 11.2. The van der Waals surface area contributed by atoms with Gasteiger partial charge in [-0.3, -0.25) is 0 Å². The van der Waals surface area contributed by atoms with Crippen LogP contribution >= 0.6 is 10.7 Å². The molecule has 0 radical (unpaired) electrons. The molecule has 0 aliphatic rings. The van der Waals surface area contributed by atoms with Crippen molar-refractivity contribution in [3.63, 3.8) is 0 Å². The van der Waals surface area contributed by atoms with Crippen LogP contribution in [0.1, 0.15) is 25.3 Å². The Morgan fingerprint density at radius 2 is 1.26 bits per heavy atom. The lowest BCUT2D eigenvalue weighted by Crippen LogP contribution is -1.90. The van der Waals surface area contributed by atoms with Gasteiger partial charge in [-0.2, -0.15) is 0 Å². The molecule has 0 spiro atoms. The number of hydrogen-bond donors (Lipinski definition) is 0. The minimum atomic E-state index is -3.65. The zero-order chi connectivity index (χ0) is 14.0. The summed E-state index contributed by atoms with van der Waals surface area (Å²) in [5, 5.41) is 0. The van der Waals surface area contributed by atoms with Crippen LogP contribution < -0.4 is 0 Å². The van der Waals surface area contributed by atoms with Crippen LogP contribution in [-0.4, -0.2) is 8.42 Å². The van der Waals surface area contributed by atoms with E-state index in [1.54, 1.807) is 12.1 Å². The van der Waals surface area contributed by atoms with Gasteiger partial charge in [0.05, 0.1) is 4.90 Å². The second kappa shape index (κ2) is 5.35. The summed E-state index contributed by atoms with van der Waals surface area (Å²) < 4.78 is 22.3. The van der Waals surface area contributed by atoms with Crippen molar-refractivity contribution in [2.75, 3.05) is 0 Å². The molecule has 0 unspecified atom stereocenters. The topological polar surface area (TPSA) is 34.1 Å². The fourth-order valence-corrected chi connectivity index (χ4v) is 2.64. The van der Waals surface area contributed by atoms with Crippen LogP contribution in [0.5, 0.6) is 0 Å². The molecule has 4 heteroatoms. The Kier molecular flexibility index (Phi) is 3.97. The highest BCUT2D eigenvalue weighted by atomic mass is 35.7. The standard InChI is InChI=1S/C15H15ClO2S/c1-11(2)12-3-5-13(6-4-12)14-7-9-15(10-8-14)19(16,17)18/h3-11H,1-2H3. The fraction of sp³-hybridized carbons (Fsp3) is 0.200. The van der Waals surface area contributed by atoms with Crippen molar-refractivity contribution in [3.8, 4) is 11.1 Å². The zero-order valence-corrected chi connectivity index (χ0v) is 12.4. The third-order valence-corrected chi connectivity index (χ3v) is 4.42. The summed E-state index contributed by atoms with van der Waals surface area (Å²) in [4.78, 5) is 0.122. The highest BCUT2D eigenvalue weighted by Gasteiger charge is 2.09. The quantitative estimate of drug-likeness (QED) is 0.786. The largest absolute Gasteiger partial charge is 0.261 e. The first-order valence-corrected chi connectivity index (χ1v) is 8.34. The molecule has 19 heavy (non-hydrogen) atoms. The molecule has 0 N–H and O–H groups in total. The van der Waals surface area contributed by atoms with Gasteiger partial charge >= 0.3 is 0 Å². The van der Waals surface area contributed by atoms with E-state index in [2.05, 4.69) is 26.0 Å². The Balaban J connectivity index is 2.32. The molecule has 0 atom stereocenters. The minimum absolute atomic E-state index is 0.122. The fourth-order valence-electron chi connectivity index (χ4n) is 1.87. The Hall–Kier alpha value is -1.32. The summed E-state index contributed by atoms with van der Waals surface area (Å²) in [6.45, 7) is 4.30. The molecule has 2 rings (SSSR count). The van der Waals surface area contributed by atoms with Crippen molar-refractivity contribution in [1.29, 1.82) is 0 Å². The van der Waals surface area contributed by atoms with E-state index in [0.29, 0.717) is 5.92 Å². The first-order valence-electron chi connectivity index (χ1n) is 6.03. The van der Waals surface area contributed by atoms with Crippen LogP contribution in [0.25, 0.3) is 11.1 Å². The lowest BCUT2D eigenvalue weighted by atomic mass is 9.99. The SMILES string of the molecule is CC(C)c1ccc(-c2ccc(S(=O)(=O)Cl)cc2)cc1. The van der Waals surface area contributed by atoms with Crippen molar-refractivity contribution in [2.45, 2.75) is 24.7 Å².